The molecule has 0 aromatic heterocycles. The Hall–Kier alpha value is -2.53. The average molecular weight is 343 g/mol. The first-order valence-electron chi connectivity index (χ1n) is 8.23. The van der Waals surface area contributed by atoms with E-state index in [1.807, 2.05) is 18.2 Å². The van der Waals surface area contributed by atoms with Gasteiger partial charge < -0.3 is 19.5 Å². The second kappa shape index (κ2) is 9.08. The molecular formula is C20H25NO4. The molecule has 0 unspecified atom stereocenters. The van der Waals surface area contributed by atoms with E-state index in [1.54, 1.807) is 38.5 Å². The number of hydrogen-bond donors (Lipinski definition) is 1. The molecule has 1 amide bonds. The zero-order valence-corrected chi connectivity index (χ0v) is 15.2. The van der Waals surface area contributed by atoms with Crippen LogP contribution in [-0.4, -0.2) is 26.7 Å². The Bertz CT molecular complexity index is 713. The number of nitrogens with one attached hydrogen (secondary N) is 1. The third-order valence-corrected chi connectivity index (χ3v) is 3.58. The Balaban J connectivity index is 2.12. The van der Waals surface area contributed by atoms with Crippen molar-refractivity contribution in [3.63, 3.8) is 0 Å². The fraction of sp³-hybridized carbons (Fsp3) is 0.350. The van der Waals surface area contributed by atoms with Crippen molar-refractivity contribution in [3.8, 4) is 11.5 Å². The number of methoxy groups -OCH3 is 2. The number of carbonyl (C=O) groups is 1. The quantitative estimate of drug-likeness (QED) is 0.783. The zero-order chi connectivity index (χ0) is 18.2. The average Bonchev–Trinajstić information content (AvgIpc) is 2.61. The summed E-state index contributed by atoms with van der Waals surface area (Å²) in [5.74, 6) is 1.66. The topological polar surface area (TPSA) is 56.8 Å². The van der Waals surface area contributed by atoms with Gasteiger partial charge in [-0.15, -0.1) is 0 Å². The van der Waals surface area contributed by atoms with Gasteiger partial charge in [-0.25, -0.2) is 0 Å². The summed E-state index contributed by atoms with van der Waals surface area (Å²) in [6.07, 6.45) is 0. The Morgan fingerprint density at radius 1 is 1.08 bits per heavy atom. The molecule has 2 rings (SSSR count). The van der Waals surface area contributed by atoms with Gasteiger partial charge in [0.05, 0.1) is 20.8 Å². The standard InChI is InChI=1S/C20H25NO4/c1-14(2)12-25-13-16-10-15(8-9-19(16)24-4)20(22)21-17-6-5-7-18(11-17)23-3/h5-11,14H,12-13H2,1-4H3,(H,21,22). The van der Waals surface area contributed by atoms with E-state index in [-0.39, 0.29) is 5.91 Å². The zero-order valence-electron chi connectivity index (χ0n) is 15.2. The molecule has 5 nitrogen and oxygen atoms in total. The van der Waals surface area contributed by atoms with Crippen molar-refractivity contribution >= 4 is 11.6 Å². The van der Waals surface area contributed by atoms with Gasteiger partial charge in [-0.3, -0.25) is 4.79 Å². The van der Waals surface area contributed by atoms with Crippen LogP contribution in [0.5, 0.6) is 11.5 Å². The van der Waals surface area contributed by atoms with E-state index in [9.17, 15) is 4.79 Å². The number of benzene rings is 2. The summed E-state index contributed by atoms with van der Waals surface area (Å²) in [5.41, 5.74) is 2.07. The molecule has 0 radical (unpaired) electrons. The van der Waals surface area contributed by atoms with Crippen molar-refractivity contribution in [1.82, 2.24) is 0 Å². The maximum absolute atomic E-state index is 12.5. The van der Waals surface area contributed by atoms with Gasteiger partial charge in [0.15, 0.2) is 0 Å². The predicted molar refractivity (Wildman–Crippen MR) is 98.4 cm³/mol. The molecule has 0 fully saturated rings. The lowest BCUT2D eigenvalue weighted by molar-refractivity contribution is 0.0952. The number of carbonyl (C=O) groups excluding carboxylic acids is 1. The molecular weight excluding hydrogens is 318 g/mol. The predicted octanol–water partition coefficient (Wildman–Crippen LogP) is 4.13. The summed E-state index contributed by atoms with van der Waals surface area (Å²) >= 11 is 0. The lowest BCUT2D eigenvalue weighted by Gasteiger charge is -2.13. The molecule has 1 N–H and O–H groups in total. The second-order valence-corrected chi connectivity index (χ2v) is 6.12. The minimum atomic E-state index is -0.194. The Morgan fingerprint density at radius 3 is 2.56 bits per heavy atom. The van der Waals surface area contributed by atoms with Crippen LogP contribution in [0.25, 0.3) is 0 Å². The van der Waals surface area contributed by atoms with Crippen LogP contribution in [0.4, 0.5) is 5.69 Å². The third-order valence-electron chi connectivity index (χ3n) is 3.58. The molecule has 0 atom stereocenters. The minimum Gasteiger partial charge on any atom is -0.497 e. The van der Waals surface area contributed by atoms with Crippen molar-refractivity contribution in [2.24, 2.45) is 5.92 Å². The smallest absolute Gasteiger partial charge is 0.255 e. The minimum absolute atomic E-state index is 0.194. The molecule has 25 heavy (non-hydrogen) atoms. The van der Waals surface area contributed by atoms with Crippen LogP contribution in [0, 0.1) is 5.92 Å². The maximum Gasteiger partial charge on any atom is 0.255 e. The second-order valence-electron chi connectivity index (χ2n) is 6.12. The SMILES string of the molecule is COc1cccc(NC(=O)c2ccc(OC)c(COCC(C)C)c2)c1. The molecule has 0 aliphatic rings. The first-order chi connectivity index (χ1) is 12.0. The molecule has 0 heterocycles. The van der Waals surface area contributed by atoms with Crippen LogP contribution < -0.4 is 14.8 Å². The first kappa shape index (κ1) is 18.8. The first-order valence-corrected chi connectivity index (χ1v) is 8.23. The molecule has 0 saturated carbocycles. The Kier molecular flexibility index (Phi) is 6.83. The number of amides is 1. The van der Waals surface area contributed by atoms with E-state index >= 15 is 0 Å². The van der Waals surface area contributed by atoms with Gasteiger partial charge in [-0.05, 0) is 36.2 Å². The van der Waals surface area contributed by atoms with Gasteiger partial charge in [-0.1, -0.05) is 19.9 Å². The van der Waals surface area contributed by atoms with E-state index in [1.165, 1.54) is 0 Å². The van der Waals surface area contributed by atoms with Crippen molar-refractivity contribution in [1.29, 1.82) is 0 Å². The van der Waals surface area contributed by atoms with Crippen molar-refractivity contribution < 1.29 is 19.0 Å². The third kappa shape index (κ3) is 5.50. The summed E-state index contributed by atoms with van der Waals surface area (Å²) in [4.78, 5) is 12.5. The van der Waals surface area contributed by atoms with Crippen molar-refractivity contribution in [2.45, 2.75) is 20.5 Å². The molecule has 134 valence electrons. The summed E-state index contributed by atoms with van der Waals surface area (Å²) in [5, 5.41) is 2.87. The highest BCUT2D eigenvalue weighted by Gasteiger charge is 2.11. The van der Waals surface area contributed by atoms with Gasteiger partial charge in [0.1, 0.15) is 11.5 Å². The van der Waals surface area contributed by atoms with E-state index in [0.717, 1.165) is 5.56 Å². The van der Waals surface area contributed by atoms with Gasteiger partial charge >= 0.3 is 0 Å². The summed E-state index contributed by atoms with van der Waals surface area (Å²) in [6, 6.07) is 12.6. The molecule has 0 aliphatic heterocycles. The van der Waals surface area contributed by atoms with Crippen LogP contribution in [0.15, 0.2) is 42.5 Å². The van der Waals surface area contributed by atoms with E-state index < -0.39 is 0 Å². The molecule has 0 spiro atoms. The van der Waals surface area contributed by atoms with Crippen LogP contribution in [0.3, 0.4) is 0 Å². The largest absolute Gasteiger partial charge is 0.497 e. The monoisotopic (exact) mass is 343 g/mol. The van der Waals surface area contributed by atoms with Crippen molar-refractivity contribution in [3.05, 3.63) is 53.6 Å². The maximum atomic E-state index is 12.5. The van der Waals surface area contributed by atoms with Crippen LogP contribution in [0.1, 0.15) is 29.8 Å². The van der Waals surface area contributed by atoms with Crippen molar-refractivity contribution in [2.75, 3.05) is 26.1 Å². The lowest BCUT2D eigenvalue weighted by atomic mass is 10.1. The highest BCUT2D eigenvalue weighted by Crippen LogP contribution is 2.23. The molecule has 5 heteroatoms. The molecule has 0 bridgehead atoms. The fourth-order valence-electron chi connectivity index (χ4n) is 2.34. The highest BCUT2D eigenvalue weighted by molar-refractivity contribution is 6.04. The van der Waals surface area contributed by atoms with E-state index in [0.29, 0.717) is 41.9 Å². The summed E-state index contributed by atoms with van der Waals surface area (Å²) < 4.78 is 16.2. The Labute approximate surface area is 148 Å². The van der Waals surface area contributed by atoms with Crippen LogP contribution >= 0.6 is 0 Å². The molecule has 2 aromatic rings. The number of anilines is 1. The normalized spacial score (nSPS) is 10.6. The van der Waals surface area contributed by atoms with Gasteiger partial charge in [0, 0.05) is 29.5 Å². The fourth-order valence-corrected chi connectivity index (χ4v) is 2.34. The highest BCUT2D eigenvalue weighted by atomic mass is 16.5. The number of rotatable bonds is 8. The van der Waals surface area contributed by atoms with Gasteiger partial charge in [0.25, 0.3) is 5.91 Å². The summed E-state index contributed by atoms with van der Waals surface area (Å²) in [7, 11) is 3.20. The lowest BCUT2D eigenvalue weighted by Crippen LogP contribution is -2.13. The van der Waals surface area contributed by atoms with E-state index in [4.69, 9.17) is 14.2 Å². The summed E-state index contributed by atoms with van der Waals surface area (Å²) in [6.45, 7) is 5.25. The van der Waals surface area contributed by atoms with Crippen LogP contribution in [0.2, 0.25) is 0 Å². The molecule has 2 aromatic carbocycles. The van der Waals surface area contributed by atoms with Gasteiger partial charge in [-0.2, -0.15) is 0 Å². The van der Waals surface area contributed by atoms with Gasteiger partial charge in [0.2, 0.25) is 0 Å². The number of hydrogen-bond acceptors (Lipinski definition) is 4. The van der Waals surface area contributed by atoms with Crippen LogP contribution in [-0.2, 0) is 11.3 Å². The van der Waals surface area contributed by atoms with E-state index in [2.05, 4.69) is 19.2 Å². The molecule has 0 aliphatic carbocycles. The molecule has 0 saturated heterocycles. The number of ether oxygens (including phenoxy) is 3. The Morgan fingerprint density at radius 2 is 1.88 bits per heavy atom.